The maximum absolute atomic E-state index is 6.06. The lowest BCUT2D eigenvalue weighted by Crippen LogP contribution is -2.39. The standard InChI is InChI=1S/C22H34O2/c1-4-6-18-7-9-19(10-8-18)20-11-13-21(14-12-20)22(3)23-15-17(5-2)16-24-22/h11-14,17-19H,4-10,15-16H2,1-3H3/t17-,18-,19-,22-. The molecule has 3 rings (SSSR count). The summed E-state index contributed by atoms with van der Waals surface area (Å²) in [7, 11) is 0. The summed E-state index contributed by atoms with van der Waals surface area (Å²) in [5.74, 6) is 1.69. The molecule has 1 aromatic carbocycles. The van der Waals surface area contributed by atoms with E-state index >= 15 is 0 Å². The van der Waals surface area contributed by atoms with Crippen molar-refractivity contribution in [2.24, 2.45) is 11.8 Å². The van der Waals surface area contributed by atoms with E-state index in [0.717, 1.165) is 37.0 Å². The quantitative estimate of drug-likeness (QED) is 0.658. The Morgan fingerprint density at radius 1 is 0.917 bits per heavy atom. The summed E-state index contributed by atoms with van der Waals surface area (Å²) >= 11 is 0. The molecule has 0 spiro atoms. The first-order valence-corrected chi connectivity index (χ1v) is 10.0. The Hall–Kier alpha value is -0.860. The van der Waals surface area contributed by atoms with Gasteiger partial charge in [0.2, 0.25) is 0 Å². The third-order valence-electron chi connectivity index (χ3n) is 6.22. The van der Waals surface area contributed by atoms with Crippen molar-refractivity contribution >= 4 is 0 Å². The van der Waals surface area contributed by atoms with Crippen molar-refractivity contribution in [2.75, 3.05) is 13.2 Å². The van der Waals surface area contributed by atoms with Crippen LogP contribution in [0.2, 0.25) is 0 Å². The third-order valence-corrected chi connectivity index (χ3v) is 6.22. The maximum Gasteiger partial charge on any atom is 0.191 e. The Labute approximate surface area is 147 Å². The molecule has 1 saturated heterocycles. The smallest absolute Gasteiger partial charge is 0.191 e. The van der Waals surface area contributed by atoms with Gasteiger partial charge in [-0.15, -0.1) is 0 Å². The zero-order chi connectivity index (χ0) is 17.0. The van der Waals surface area contributed by atoms with Crippen LogP contribution in [0.15, 0.2) is 24.3 Å². The molecule has 134 valence electrons. The Morgan fingerprint density at radius 2 is 1.54 bits per heavy atom. The Bertz CT molecular complexity index is 491. The first-order valence-electron chi connectivity index (χ1n) is 10.0. The van der Waals surface area contributed by atoms with Crippen molar-refractivity contribution in [3.8, 4) is 0 Å². The summed E-state index contributed by atoms with van der Waals surface area (Å²) in [6.45, 7) is 8.17. The van der Waals surface area contributed by atoms with Crippen LogP contribution in [0.3, 0.4) is 0 Å². The second-order valence-corrected chi connectivity index (χ2v) is 7.97. The number of rotatable bonds is 5. The molecule has 0 unspecified atom stereocenters. The number of ether oxygens (including phenoxy) is 2. The van der Waals surface area contributed by atoms with Gasteiger partial charge in [0.05, 0.1) is 13.2 Å². The molecular weight excluding hydrogens is 296 g/mol. The van der Waals surface area contributed by atoms with E-state index in [-0.39, 0.29) is 0 Å². The van der Waals surface area contributed by atoms with Gasteiger partial charge in [0.15, 0.2) is 5.79 Å². The summed E-state index contributed by atoms with van der Waals surface area (Å²) in [5, 5.41) is 0. The zero-order valence-corrected chi connectivity index (χ0v) is 15.7. The first-order chi connectivity index (χ1) is 11.6. The Balaban J connectivity index is 1.60. The highest BCUT2D eigenvalue weighted by molar-refractivity contribution is 5.28. The minimum Gasteiger partial charge on any atom is -0.346 e. The highest BCUT2D eigenvalue weighted by atomic mass is 16.7. The highest BCUT2D eigenvalue weighted by Crippen LogP contribution is 2.39. The van der Waals surface area contributed by atoms with Crippen molar-refractivity contribution in [1.29, 1.82) is 0 Å². The fourth-order valence-electron chi connectivity index (χ4n) is 4.30. The second kappa shape index (κ2) is 8.01. The lowest BCUT2D eigenvalue weighted by molar-refractivity contribution is -0.282. The van der Waals surface area contributed by atoms with Crippen LogP contribution in [0.5, 0.6) is 0 Å². The molecule has 0 atom stereocenters. The van der Waals surface area contributed by atoms with Crippen molar-refractivity contribution in [2.45, 2.75) is 77.4 Å². The van der Waals surface area contributed by atoms with Gasteiger partial charge in [-0.1, -0.05) is 51.0 Å². The summed E-state index contributed by atoms with van der Waals surface area (Å²) in [4.78, 5) is 0. The molecule has 0 bridgehead atoms. The summed E-state index contributed by atoms with van der Waals surface area (Å²) in [6, 6.07) is 9.06. The molecule has 1 heterocycles. The van der Waals surface area contributed by atoms with Crippen molar-refractivity contribution in [3.63, 3.8) is 0 Å². The normalized spacial score (nSPS) is 34.2. The summed E-state index contributed by atoms with van der Waals surface area (Å²) in [6.07, 6.45) is 9.39. The van der Waals surface area contributed by atoms with E-state index in [1.54, 1.807) is 0 Å². The Kier molecular flexibility index (Phi) is 5.99. The van der Waals surface area contributed by atoms with Gasteiger partial charge in [-0.05, 0) is 56.4 Å². The van der Waals surface area contributed by atoms with Crippen LogP contribution in [0.25, 0.3) is 0 Å². The van der Waals surface area contributed by atoms with Crippen LogP contribution < -0.4 is 0 Å². The van der Waals surface area contributed by atoms with Gasteiger partial charge in [-0.25, -0.2) is 0 Å². The van der Waals surface area contributed by atoms with Crippen LogP contribution in [0, 0.1) is 11.8 Å². The SMILES string of the molecule is CCC[C@H]1CC[C@H](c2ccc([C@]3(C)OC[C@@H](CC)CO3)cc2)CC1. The molecule has 2 aliphatic rings. The minimum atomic E-state index is -0.566. The summed E-state index contributed by atoms with van der Waals surface area (Å²) < 4.78 is 12.1. The van der Waals surface area contributed by atoms with E-state index in [2.05, 4.69) is 45.0 Å². The predicted molar refractivity (Wildman–Crippen MR) is 99.1 cm³/mol. The van der Waals surface area contributed by atoms with Gasteiger partial charge in [-0.2, -0.15) is 0 Å². The van der Waals surface area contributed by atoms with E-state index in [4.69, 9.17) is 9.47 Å². The van der Waals surface area contributed by atoms with Gasteiger partial charge < -0.3 is 9.47 Å². The van der Waals surface area contributed by atoms with Crippen LogP contribution in [-0.2, 0) is 15.3 Å². The molecule has 0 N–H and O–H groups in total. The molecule has 1 aliphatic heterocycles. The van der Waals surface area contributed by atoms with E-state index in [1.165, 1.54) is 44.1 Å². The predicted octanol–water partition coefficient (Wildman–Crippen LogP) is 6.01. The molecular formula is C22H34O2. The zero-order valence-electron chi connectivity index (χ0n) is 15.7. The monoisotopic (exact) mass is 330 g/mol. The minimum absolute atomic E-state index is 0.538. The van der Waals surface area contributed by atoms with Gasteiger partial charge in [-0.3, -0.25) is 0 Å². The third kappa shape index (κ3) is 4.03. The van der Waals surface area contributed by atoms with Crippen molar-refractivity contribution < 1.29 is 9.47 Å². The van der Waals surface area contributed by atoms with Gasteiger partial charge in [0.1, 0.15) is 0 Å². The summed E-state index contributed by atoms with van der Waals surface area (Å²) in [5.41, 5.74) is 2.65. The Morgan fingerprint density at radius 3 is 2.08 bits per heavy atom. The first kappa shape index (κ1) is 17.9. The van der Waals surface area contributed by atoms with E-state index < -0.39 is 5.79 Å². The molecule has 0 radical (unpaired) electrons. The molecule has 1 saturated carbocycles. The van der Waals surface area contributed by atoms with Crippen molar-refractivity contribution in [1.82, 2.24) is 0 Å². The molecule has 24 heavy (non-hydrogen) atoms. The largest absolute Gasteiger partial charge is 0.346 e. The van der Waals surface area contributed by atoms with E-state index in [1.807, 2.05) is 0 Å². The van der Waals surface area contributed by atoms with E-state index in [9.17, 15) is 0 Å². The maximum atomic E-state index is 6.06. The average molecular weight is 331 g/mol. The lowest BCUT2D eigenvalue weighted by atomic mass is 9.77. The number of hydrogen-bond donors (Lipinski definition) is 0. The molecule has 1 aliphatic carbocycles. The van der Waals surface area contributed by atoms with Crippen LogP contribution in [0.4, 0.5) is 0 Å². The number of hydrogen-bond acceptors (Lipinski definition) is 2. The van der Waals surface area contributed by atoms with Crippen molar-refractivity contribution in [3.05, 3.63) is 35.4 Å². The average Bonchev–Trinajstić information content (AvgIpc) is 2.63. The molecule has 0 amide bonds. The lowest BCUT2D eigenvalue weighted by Gasteiger charge is -2.38. The fraction of sp³-hybridized carbons (Fsp3) is 0.727. The molecule has 0 aromatic heterocycles. The topological polar surface area (TPSA) is 18.5 Å². The van der Waals surface area contributed by atoms with Crippen LogP contribution >= 0.6 is 0 Å². The van der Waals surface area contributed by atoms with Gasteiger partial charge in [0.25, 0.3) is 0 Å². The van der Waals surface area contributed by atoms with Gasteiger partial charge in [0, 0.05) is 11.5 Å². The second-order valence-electron chi connectivity index (χ2n) is 7.97. The fourth-order valence-corrected chi connectivity index (χ4v) is 4.30. The molecule has 2 heteroatoms. The van der Waals surface area contributed by atoms with Crippen LogP contribution in [0.1, 0.15) is 82.8 Å². The number of benzene rings is 1. The van der Waals surface area contributed by atoms with E-state index in [0.29, 0.717) is 5.92 Å². The van der Waals surface area contributed by atoms with Crippen LogP contribution in [-0.4, -0.2) is 13.2 Å². The molecule has 2 nitrogen and oxygen atoms in total. The molecule has 1 aromatic rings. The molecule has 2 fully saturated rings. The van der Waals surface area contributed by atoms with Gasteiger partial charge >= 0.3 is 0 Å². The highest BCUT2D eigenvalue weighted by Gasteiger charge is 2.34.